The molecule has 0 aliphatic carbocycles. The summed E-state index contributed by atoms with van der Waals surface area (Å²) in [6, 6.07) is 7.99. The van der Waals surface area contributed by atoms with Gasteiger partial charge in [-0.3, -0.25) is 14.9 Å². The van der Waals surface area contributed by atoms with Crippen molar-refractivity contribution in [3.05, 3.63) is 62.7 Å². The van der Waals surface area contributed by atoms with Gasteiger partial charge in [-0.15, -0.1) is 0 Å². The van der Waals surface area contributed by atoms with Gasteiger partial charge in [0.2, 0.25) is 5.75 Å². The summed E-state index contributed by atoms with van der Waals surface area (Å²) in [6.07, 6.45) is 0. The van der Waals surface area contributed by atoms with Gasteiger partial charge in [-0.1, -0.05) is 18.2 Å². The van der Waals surface area contributed by atoms with Crippen molar-refractivity contribution >= 4 is 17.4 Å². The van der Waals surface area contributed by atoms with Crippen LogP contribution in [0.3, 0.4) is 0 Å². The highest BCUT2D eigenvalue weighted by molar-refractivity contribution is 6.03. The SMILES string of the molecule is Cc1cccc(CN(C)C(=O)/C(C#N)=C(\O)c2cc(O)c(O)c([N+](=O)[O-])c2)c1O. The van der Waals surface area contributed by atoms with Gasteiger partial charge in [0.15, 0.2) is 11.3 Å². The molecule has 0 aliphatic rings. The van der Waals surface area contributed by atoms with Gasteiger partial charge >= 0.3 is 5.69 Å². The van der Waals surface area contributed by atoms with E-state index < -0.39 is 44.9 Å². The summed E-state index contributed by atoms with van der Waals surface area (Å²) < 4.78 is 0. The van der Waals surface area contributed by atoms with E-state index in [1.807, 2.05) is 0 Å². The number of para-hydroxylation sites is 1. The number of aryl methyl sites for hydroxylation is 1. The lowest BCUT2D eigenvalue weighted by Gasteiger charge is -2.18. The number of nitro benzene ring substituents is 1. The van der Waals surface area contributed by atoms with E-state index >= 15 is 0 Å². The molecule has 0 saturated heterocycles. The molecule has 150 valence electrons. The number of aromatic hydroxyl groups is 3. The number of carbonyl (C=O) groups is 1. The van der Waals surface area contributed by atoms with Gasteiger partial charge in [-0.25, -0.2) is 0 Å². The first-order valence-electron chi connectivity index (χ1n) is 8.15. The number of aliphatic hydroxyl groups excluding tert-OH is 1. The highest BCUT2D eigenvalue weighted by Crippen LogP contribution is 2.38. The van der Waals surface area contributed by atoms with E-state index in [0.717, 1.165) is 17.0 Å². The Labute approximate surface area is 164 Å². The average molecular weight is 399 g/mol. The molecule has 0 spiro atoms. The highest BCUT2D eigenvalue weighted by Gasteiger charge is 2.25. The topological polar surface area (TPSA) is 168 Å². The molecule has 10 nitrogen and oxygen atoms in total. The summed E-state index contributed by atoms with van der Waals surface area (Å²) in [5.41, 5.74) is -1.04. The Balaban J connectivity index is 2.44. The van der Waals surface area contributed by atoms with Crippen LogP contribution >= 0.6 is 0 Å². The van der Waals surface area contributed by atoms with E-state index in [9.17, 15) is 40.6 Å². The number of rotatable bonds is 5. The van der Waals surface area contributed by atoms with Crippen molar-refractivity contribution in [2.45, 2.75) is 13.5 Å². The molecule has 2 rings (SSSR count). The van der Waals surface area contributed by atoms with Crippen molar-refractivity contribution < 1.29 is 30.1 Å². The van der Waals surface area contributed by atoms with Crippen molar-refractivity contribution in [1.29, 1.82) is 5.26 Å². The second-order valence-electron chi connectivity index (χ2n) is 6.20. The molecule has 0 aromatic heterocycles. The Hall–Kier alpha value is -4.26. The monoisotopic (exact) mass is 399 g/mol. The largest absolute Gasteiger partial charge is 0.507 e. The third-order valence-corrected chi connectivity index (χ3v) is 4.18. The molecule has 29 heavy (non-hydrogen) atoms. The summed E-state index contributed by atoms with van der Waals surface area (Å²) in [5.74, 6) is -3.75. The van der Waals surface area contributed by atoms with E-state index in [1.165, 1.54) is 13.1 Å². The number of carbonyl (C=O) groups excluding carboxylic acids is 1. The maximum absolute atomic E-state index is 12.6. The van der Waals surface area contributed by atoms with Gasteiger partial charge in [0.05, 0.1) is 4.92 Å². The van der Waals surface area contributed by atoms with Gasteiger partial charge in [0.25, 0.3) is 5.91 Å². The lowest BCUT2D eigenvalue weighted by molar-refractivity contribution is -0.386. The molecule has 0 fully saturated rings. The van der Waals surface area contributed by atoms with Crippen LogP contribution in [0.2, 0.25) is 0 Å². The molecule has 0 atom stereocenters. The predicted octanol–water partition coefficient (Wildman–Crippen LogP) is 2.47. The van der Waals surface area contributed by atoms with Crippen LogP contribution in [0.15, 0.2) is 35.9 Å². The number of phenols is 3. The molecule has 2 aromatic rings. The first-order chi connectivity index (χ1) is 13.6. The number of hydrogen-bond acceptors (Lipinski definition) is 8. The fourth-order valence-corrected chi connectivity index (χ4v) is 2.59. The second-order valence-corrected chi connectivity index (χ2v) is 6.20. The number of phenolic OH excluding ortho intramolecular Hbond substituents is 3. The maximum Gasteiger partial charge on any atom is 0.315 e. The molecule has 4 N–H and O–H groups in total. The molecule has 0 saturated carbocycles. The minimum atomic E-state index is -1.01. The van der Waals surface area contributed by atoms with Gasteiger partial charge < -0.3 is 25.3 Å². The number of aliphatic hydroxyl groups is 1. The second kappa shape index (κ2) is 8.18. The summed E-state index contributed by atoms with van der Waals surface area (Å²) in [6.45, 7) is 1.60. The minimum absolute atomic E-state index is 0.0158. The fourth-order valence-electron chi connectivity index (χ4n) is 2.59. The van der Waals surface area contributed by atoms with Crippen LogP contribution in [0.25, 0.3) is 5.76 Å². The fraction of sp³-hybridized carbons (Fsp3) is 0.158. The summed E-state index contributed by atoms with van der Waals surface area (Å²) in [4.78, 5) is 23.7. The zero-order valence-electron chi connectivity index (χ0n) is 15.4. The highest BCUT2D eigenvalue weighted by atomic mass is 16.6. The van der Waals surface area contributed by atoms with Gasteiger partial charge in [-0.05, 0) is 18.6 Å². The zero-order valence-corrected chi connectivity index (χ0v) is 15.4. The van der Waals surface area contributed by atoms with Crippen molar-refractivity contribution in [2.75, 3.05) is 7.05 Å². The van der Waals surface area contributed by atoms with Crippen LogP contribution in [0.1, 0.15) is 16.7 Å². The molecule has 2 aromatic carbocycles. The third-order valence-electron chi connectivity index (χ3n) is 4.18. The number of benzene rings is 2. The summed E-state index contributed by atoms with van der Waals surface area (Å²) in [7, 11) is 1.34. The first-order valence-corrected chi connectivity index (χ1v) is 8.15. The number of hydrogen-bond donors (Lipinski definition) is 4. The van der Waals surface area contributed by atoms with Crippen LogP contribution in [0, 0.1) is 28.4 Å². The third kappa shape index (κ3) is 4.19. The number of nitro groups is 1. The average Bonchev–Trinajstić information content (AvgIpc) is 2.67. The van der Waals surface area contributed by atoms with Gasteiger partial charge in [0.1, 0.15) is 17.6 Å². The lowest BCUT2D eigenvalue weighted by Crippen LogP contribution is -2.28. The van der Waals surface area contributed by atoms with E-state index in [1.54, 1.807) is 25.1 Å². The van der Waals surface area contributed by atoms with E-state index in [2.05, 4.69) is 0 Å². The number of likely N-dealkylation sites (N-methyl/N-ethyl adjacent to an activating group) is 1. The van der Waals surface area contributed by atoms with Crippen LogP contribution in [-0.4, -0.2) is 43.2 Å². The van der Waals surface area contributed by atoms with E-state index in [4.69, 9.17) is 0 Å². The molecule has 0 bridgehead atoms. The Bertz CT molecular complexity index is 1070. The van der Waals surface area contributed by atoms with Crippen molar-refractivity contribution in [2.24, 2.45) is 0 Å². The van der Waals surface area contributed by atoms with Gasteiger partial charge in [0, 0.05) is 30.8 Å². The van der Waals surface area contributed by atoms with E-state index in [0.29, 0.717) is 11.1 Å². The van der Waals surface area contributed by atoms with Crippen LogP contribution in [0.4, 0.5) is 5.69 Å². The van der Waals surface area contributed by atoms with Crippen LogP contribution < -0.4 is 0 Å². The minimum Gasteiger partial charge on any atom is -0.507 e. The van der Waals surface area contributed by atoms with Crippen molar-refractivity contribution in [1.82, 2.24) is 4.90 Å². The quantitative estimate of drug-likeness (QED) is 0.148. The molecule has 0 aliphatic heterocycles. The number of amides is 1. The first kappa shape index (κ1) is 21.0. The molecule has 0 unspecified atom stereocenters. The van der Waals surface area contributed by atoms with Crippen LogP contribution in [-0.2, 0) is 11.3 Å². The molecule has 10 heteroatoms. The zero-order chi connectivity index (χ0) is 21.9. The normalized spacial score (nSPS) is 11.3. The summed E-state index contributed by atoms with van der Waals surface area (Å²) >= 11 is 0. The molecule has 0 radical (unpaired) electrons. The van der Waals surface area contributed by atoms with Gasteiger partial charge in [-0.2, -0.15) is 5.26 Å². The lowest BCUT2D eigenvalue weighted by atomic mass is 10.1. The van der Waals surface area contributed by atoms with Crippen LogP contribution in [0.5, 0.6) is 17.2 Å². The number of nitriles is 1. The molecular formula is C19H17N3O7. The smallest absolute Gasteiger partial charge is 0.315 e. The number of nitrogens with zero attached hydrogens (tertiary/aromatic N) is 3. The summed E-state index contributed by atoms with van der Waals surface area (Å²) in [5, 5.41) is 59.9. The Morgan fingerprint density at radius 2 is 1.90 bits per heavy atom. The molecular weight excluding hydrogens is 382 g/mol. The standard InChI is InChI=1S/C19H17N3O7/c1-10-4-3-5-11(16(10)24)9-21(2)19(27)13(8-20)17(25)12-6-14(22(28)29)18(26)15(23)7-12/h3-7,23-26H,9H2,1-2H3/b17-13-. The predicted molar refractivity (Wildman–Crippen MR) is 101 cm³/mol. The van der Waals surface area contributed by atoms with Crippen molar-refractivity contribution in [3.8, 4) is 23.3 Å². The molecule has 0 heterocycles. The Morgan fingerprint density at radius 1 is 1.24 bits per heavy atom. The van der Waals surface area contributed by atoms with E-state index in [-0.39, 0.29) is 12.3 Å². The molecule has 1 amide bonds. The van der Waals surface area contributed by atoms with Crippen molar-refractivity contribution in [3.63, 3.8) is 0 Å². The Kier molecular flexibility index (Phi) is 5.94. The Morgan fingerprint density at radius 3 is 2.48 bits per heavy atom. The maximum atomic E-state index is 12.6.